The van der Waals surface area contributed by atoms with Crippen molar-refractivity contribution in [3.05, 3.63) is 82.9 Å². The largest absolute Gasteiger partial charge is 0.279 e. The van der Waals surface area contributed by atoms with Gasteiger partial charge in [-0.15, -0.1) is 0 Å². The third-order valence-electron chi connectivity index (χ3n) is 4.69. The van der Waals surface area contributed by atoms with Crippen molar-refractivity contribution in [2.75, 3.05) is 9.44 Å². The molecule has 6 nitrogen and oxygen atoms in total. The zero-order chi connectivity index (χ0) is 22.1. The molecule has 0 saturated heterocycles. The average Bonchev–Trinajstić information content (AvgIpc) is 2.65. The minimum absolute atomic E-state index is 0.0324. The topological polar surface area (TPSA) is 92.3 Å². The molecule has 0 aliphatic heterocycles. The molecule has 3 aromatic carbocycles. The second-order valence-corrected chi connectivity index (χ2v) is 10.7. The van der Waals surface area contributed by atoms with E-state index in [1.165, 1.54) is 18.2 Å². The Morgan fingerprint density at radius 3 is 1.80 bits per heavy atom. The third kappa shape index (κ3) is 4.83. The molecule has 0 aliphatic rings. The molecule has 0 atom stereocenters. The molecule has 158 valence electrons. The molecule has 0 aliphatic carbocycles. The van der Waals surface area contributed by atoms with Crippen LogP contribution in [0.3, 0.4) is 0 Å². The Bertz CT molecular complexity index is 1310. The van der Waals surface area contributed by atoms with Crippen molar-refractivity contribution in [2.45, 2.75) is 37.5 Å². The first-order chi connectivity index (χ1) is 14.0. The number of hydrogen-bond acceptors (Lipinski definition) is 4. The molecule has 3 rings (SSSR count). The summed E-state index contributed by atoms with van der Waals surface area (Å²) in [6.07, 6.45) is 0. The van der Waals surface area contributed by atoms with Gasteiger partial charge in [0.2, 0.25) is 0 Å². The van der Waals surface area contributed by atoms with Crippen LogP contribution in [0.5, 0.6) is 0 Å². The van der Waals surface area contributed by atoms with E-state index in [1.807, 2.05) is 26.0 Å². The van der Waals surface area contributed by atoms with Gasteiger partial charge in [0.05, 0.1) is 21.2 Å². The van der Waals surface area contributed by atoms with Gasteiger partial charge in [-0.1, -0.05) is 35.9 Å². The van der Waals surface area contributed by atoms with Crippen molar-refractivity contribution >= 4 is 31.4 Å². The van der Waals surface area contributed by atoms with Crippen LogP contribution in [0, 0.1) is 27.7 Å². The van der Waals surface area contributed by atoms with E-state index in [9.17, 15) is 16.8 Å². The molecule has 30 heavy (non-hydrogen) atoms. The highest BCUT2D eigenvalue weighted by Gasteiger charge is 2.20. The minimum Gasteiger partial charge on any atom is -0.279 e. The summed E-state index contributed by atoms with van der Waals surface area (Å²) in [5.74, 6) is 0. The van der Waals surface area contributed by atoms with Gasteiger partial charge in [0, 0.05) is 0 Å². The van der Waals surface area contributed by atoms with E-state index in [-0.39, 0.29) is 15.5 Å². The lowest BCUT2D eigenvalue weighted by Crippen LogP contribution is -2.16. The summed E-state index contributed by atoms with van der Waals surface area (Å²) in [5, 5.41) is 0. The normalized spacial score (nSPS) is 11.9. The van der Waals surface area contributed by atoms with Crippen molar-refractivity contribution in [3.8, 4) is 0 Å². The fourth-order valence-electron chi connectivity index (χ4n) is 3.00. The summed E-state index contributed by atoms with van der Waals surface area (Å²) in [6, 6.07) is 16.3. The molecule has 0 spiro atoms. The highest BCUT2D eigenvalue weighted by Crippen LogP contribution is 2.26. The summed E-state index contributed by atoms with van der Waals surface area (Å²) < 4.78 is 56.4. The number of sulfonamides is 2. The second kappa shape index (κ2) is 8.12. The Hall–Kier alpha value is -2.84. The highest BCUT2D eigenvalue weighted by molar-refractivity contribution is 7.93. The summed E-state index contributed by atoms with van der Waals surface area (Å²) in [7, 11) is -7.76. The quantitative estimate of drug-likeness (QED) is 0.585. The Kier molecular flexibility index (Phi) is 5.92. The molecular formula is C22H24N2O4S2. The predicted molar refractivity (Wildman–Crippen MR) is 120 cm³/mol. The van der Waals surface area contributed by atoms with Gasteiger partial charge in [0.1, 0.15) is 0 Å². The Morgan fingerprint density at radius 1 is 0.567 bits per heavy atom. The zero-order valence-corrected chi connectivity index (χ0v) is 18.9. The SMILES string of the molecule is Cc1cccc(S(=O)(=O)Nc2cc(S(=O)(=O)Nc3ccc(C)cc3C)ccc2C)c1. The molecule has 2 N–H and O–H groups in total. The first-order valence-corrected chi connectivity index (χ1v) is 12.2. The maximum Gasteiger partial charge on any atom is 0.261 e. The van der Waals surface area contributed by atoms with E-state index in [1.54, 1.807) is 44.2 Å². The van der Waals surface area contributed by atoms with Gasteiger partial charge in [-0.05, 0) is 74.7 Å². The van der Waals surface area contributed by atoms with Gasteiger partial charge < -0.3 is 0 Å². The molecule has 0 radical (unpaired) electrons. The van der Waals surface area contributed by atoms with Gasteiger partial charge in [-0.3, -0.25) is 9.44 Å². The number of aryl methyl sites for hydroxylation is 4. The first kappa shape index (κ1) is 21.9. The Morgan fingerprint density at radius 2 is 1.17 bits per heavy atom. The molecule has 0 fully saturated rings. The Balaban J connectivity index is 1.94. The average molecular weight is 445 g/mol. The number of rotatable bonds is 6. The van der Waals surface area contributed by atoms with Crippen molar-refractivity contribution in [1.29, 1.82) is 0 Å². The van der Waals surface area contributed by atoms with Gasteiger partial charge >= 0.3 is 0 Å². The van der Waals surface area contributed by atoms with Crippen LogP contribution in [0.15, 0.2) is 70.5 Å². The van der Waals surface area contributed by atoms with Crippen LogP contribution in [-0.4, -0.2) is 16.8 Å². The van der Waals surface area contributed by atoms with E-state index >= 15 is 0 Å². The van der Waals surface area contributed by atoms with Gasteiger partial charge in [0.25, 0.3) is 20.0 Å². The van der Waals surface area contributed by atoms with Crippen molar-refractivity contribution in [1.82, 2.24) is 0 Å². The van der Waals surface area contributed by atoms with Gasteiger partial charge in [-0.2, -0.15) is 0 Å². The highest BCUT2D eigenvalue weighted by atomic mass is 32.2. The van der Waals surface area contributed by atoms with Gasteiger partial charge in [0.15, 0.2) is 0 Å². The molecule has 0 saturated carbocycles. The van der Waals surface area contributed by atoms with E-state index in [0.717, 1.165) is 16.7 Å². The van der Waals surface area contributed by atoms with Crippen LogP contribution in [0.4, 0.5) is 11.4 Å². The second-order valence-electron chi connectivity index (χ2n) is 7.32. The first-order valence-electron chi connectivity index (χ1n) is 9.28. The summed E-state index contributed by atoms with van der Waals surface area (Å²) in [4.78, 5) is 0.0820. The molecule has 0 bridgehead atoms. The fraction of sp³-hybridized carbons (Fsp3) is 0.182. The van der Waals surface area contributed by atoms with Crippen LogP contribution in [-0.2, 0) is 20.0 Å². The van der Waals surface area contributed by atoms with Crippen LogP contribution >= 0.6 is 0 Å². The van der Waals surface area contributed by atoms with E-state index in [2.05, 4.69) is 9.44 Å². The molecular weight excluding hydrogens is 420 g/mol. The van der Waals surface area contributed by atoms with E-state index in [4.69, 9.17) is 0 Å². The smallest absolute Gasteiger partial charge is 0.261 e. The fourth-order valence-corrected chi connectivity index (χ4v) is 5.38. The molecule has 0 unspecified atom stereocenters. The molecule has 8 heteroatoms. The summed E-state index contributed by atoms with van der Waals surface area (Å²) in [6.45, 7) is 7.26. The number of nitrogens with one attached hydrogen (secondary N) is 2. The maximum absolute atomic E-state index is 12.9. The lowest BCUT2D eigenvalue weighted by Gasteiger charge is -2.15. The lowest BCUT2D eigenvalue weighted by atomic mass is 10.1. The number of anilines is 2. The number of benzene rings is 3. The van der Waals surface area contributed by atoms with Crippen molar-refractivity contribution in [2.24, 2.45) is 0 Å². The lowest BCUT2D eigenvalue weighted by molar-refractivity contribution is 0.598. The predicted octanol–water partition coefficient (Wildman–Crippen LogP) is 4.52. The molecule has 0 amide bonds. The van der Waals surface area contributed by atoms with Crippen molar-refractivity contribution in [3.63, 3.8) is 0 Å². The Labute approximate surface area is 178 Å². The summed E-state index contributed by atoms with van der Waals surface area (Å²) in [5.41, 5.74) is 3.92. The van der Waals surface area contributed by atoms with Gasteiger partial charge in [-0.25, -0.2) is 16.8 Å². The zero-order valence-electron chi connectivity index (χ0n) is 17.2. The monoisotopic (exact) mass is 444 g/mol. The minimum atomic E-state index is -3.90. The van der Waals surface area contributed by atoms with E-state index in [0.29, 0.717) is 11.3 Å². The maximum atomic E-state index is 12.9. The van der Waals surface area contributed by atoms with Crippen molar-refractivity contribution < 1.29 is 16.8 Å². The molecule has 3 aromatic rings. The van der Waals surface area contributed by atoms with Crippen LogP contribution in [0.25, 0.3) is 0 Å². The number of hydrogen-bond donors (Lipinski definition) is 2. The molecule has 0 aromatic heterocycles. The van der Waals surface area contributed by atoms with Crippen LogP contribution in [0.2, 0.25) is 0 Å². The standard InChI is InChI=1S/C22H24N2O4S2/c1-15-6-5-7-19(13-15)29(25,26)24-22-14-20(10-9-17(22)3)30(27,28)23-21-11-8-16(2)12-18(21)4/h5-14,23-24H,1-4H3. The molecule has 0 heterocycles. The summed E-state index contributed by atoms with van der Waals surface area (Å²) >= 11 is 0. The van der Waals surface area contributed by atoms with E-state index < -0.39 is 20.0 Å². The third-order valence-corrected chi connectivity index (χ3v) is 7.42. The van der Waals surface area contributed by atoms with Crippen LogP contribution < -0.4 is 9.44 Å². The van der Waals surface area contributed by atoms with Crippen LogP contribution in [0.1, 0.15) is 22.3 Å².